The lowest BCUT2D eigenvalue weighted by Gasteiger charge is -2.37. The van der Waals surface area contributed by atoms with E-state index in [1.165, 1.54) is 6.42 Å². The van der Waals surface area contributed by atoms with E-state index in [1.807, 2.05) is 9.80 Å². The van der Waals surface area contributed by atoms with Crippen molar-refractivity contribution in [2.75, 3.05) is 45.9 Å². The SMILES string of the molecule is CCCNC1CCN(C(=O)N2CCOCC2)CC1. The standard InChI is InChI=1S/C13H25N3O2/c1-2-5-14-12-3-6-15(7-4-12)13(17)16-8-10-18-11-9-16/h12,14H,2-11H2,1H3. The second-order valence-electron chi connectivity index (χ2n) is 5.10. The Morgan fingerprint density at radius 2 is 1.78 bits per heavy atom. The first-order valence-corrected chi connectivity index (χ1v) is 7.16. The molecule has 0 aromatic carbocycles. The van der Waals surface area contributed by atoms with Gasteiger partial charge in [-0.3, -0.25) is 0 Å². The summed E-state index contributed by atoms with van der Waals surface area (Å²) in [5, 5.41) is 3.54. The number of rotatable bonds is 3. The molecule has 2 heterocycles. The van der Waals surface area contributed by atoms with Crippen LogP contribution in [0.3, 0.4) is 0 Å². The van der Waals surface area contributed by atoms with Gasteiger partial charge < -0.3 is 19.9 Å². The molecule has 0 spiro atoms. The fraction of sp³-hybridized carbons (Fsp3) is 0.923. The number of likely N-dealkylation sites (tertiary alicyclic amines) is 1. The predicted molar refractivity (Wildman–Crippen MR) is 70.7 cm³/mol. The zero-order valence-corrected chi connectivity index (χ0v) is 11.4. The number of piperidine rings is 1. The number of amides is 2. The molecule has 2 saturated heterocycles. The van der Waals surface area contributed by atoms with Crippen molar-refractivity contribution in [3.8, 4) is 0 Å². The molecular formula is C13H25N3O2. The molecule has 104 valence electrons. The van der Waals surface area contributed by atoms with E-state index in [0.29, 0.717) is 19.3 Å². The molecule has 0 atom stereocenters. The molecule has 0 aliphatic carbocycles. The lowest BCUT2D eigenvalue weighted by atomic mass is 10.1. The van der Waals surface area contributed by atoms with Crippen LogP contribution in [0.5, 0.6) is 0 Å². The first-order valence-electron chi connectivity index (χ1n) is 7.16. The van der Waals surface area contributed by atoms with E-state index in [2.05, 4.69) is 12.2 Å². The van der Waals surface area contributed by atoms with Gasteiger partial charge in [0, 0.05) is 32.2 Å². The molecule has 1 N–H and O–H groups in total. The van der Waals surface area contributed by atoms with Gasteiger partial charge in [0.15, 0.2) is 0 Å². The van der Waals surface area contributed by atoms with E-state index in [4.69, 9.17) is 4.74 Å². The molecule has 18 heavy (non-hydrogen) atoms. The normalized spacial score (nSPS) is 22.3. The lowest BCUT2D eigenvalue weighted by Crippen LogP contribution is -2.52. The zero-order valence-electron chi connectivity index (χ0n) is 11.4. The van der Waals surface area contributed by atoms with Crippen LogP contribution in [0.4, 0.5) is 4.79 Å². The van der Waals surface area contributed by atoms with E-state index < -0.39 is 0 Å². The minimum atomic E-state index is 0.201. The van der Waals surface area contributed by atoms with Crippen molar-refractivity contribution in [2.45, 2.75) is 32.2 Å². The highest BCUT2D eigenvalue weighted by atomic mass is 16.5. The van der Waals surface area contributed by atoms with Gasteiger partial charge in [0.1, 0.15) is 0 Å². The largest absolute Gasteiger partial charge is 0.378 e. The molecule has 2 amide bonds. The van der Waals surface area contributed by atoms with Crippen LogP contribution >= 0.6 is 0 Å². The number of carbonyl (C=O) groups excluding carboxylic acids is 1. The predicted octanol–water partition coefficient (Wildman–Crippen LogP) is 0.903. The molecule has 0 radical (unpaired) electrons. The molecule has 2 aliphatic rings. The van der Waals surface area contributed by atoms with E-state index >= 15 is 0 Å². The second kappa shape index (κ2) is 6.95. The number of morpholine rings is 1. The molecular weight excluding hydrogens is 230 g/mol. The summed E-state index contributed by atoms with van der Waals surface area (Å²) in [5.41, 5.74) is 0. The smallest absolute Gasteiger partial charge is 0.320 e. The average Bonchev–Trinajstić information content (AvgIpc) is 2.46. The second-order valence-corrected chi connectivity index (χ2v) is 5.10. The molecule has 0 bridgehead atoms. The Morgan fingerprint density at radius 1 is 1.17 bits per heavy atom. The number of hydrogen-bond donors (Lipinski definition) is 1. The molecule has 2 rings (SSSR count). The third-order valence-electron chi connectivity index (χ3n) is 3.73. The number of nitrogens with one attached hydrogen (secondary N) is 1. The van der Waals surface area contributed by atoms with Gasteiger partial charge in [-0.05, 0) is 25.8 Å². The van der Waals surface area contributed by atoms with Gasteiger partial charge in [-0.1, -0.05) is 6.92 Å². The van der Waals surface area contributed by atoms with Crippen LogP contribution in [-0.4, -0.2) is 67.8 Å². The summed E-state index contributed by atoms with van der Waals surface area (Å²) in [6.07, 6.45) is 3.33. The van der Waals surface area contributed by atoms with Crippen molar-refractivity contribution in [1.82, 2.24) is 15.1 Å². The van der Waals surface area contributed by atoms with Crippen LogP contribution in [0.25, 0.3) is 0 Å². The van der Waals surface area contributed by atoms with Crippen LogP contribution in [0.15, 0.2) is 0 Å². The van der Waals surface area contributed by atoms with Gasteiger partial charge in [-0.15, -0.1) is 0 Å². The Labute approximate surface area is 109 Å². The van der Waals surface area contributed by atoms with Crippen molar-refractivity contribution in [2.24, 2.45) is 0 Å². The monoisotopic (exact) mass is 255 g/mol. The van der Waals surface area contributed by atoms with Gasteiger partial charge in [0.05, 0.1) is 13.2 Å². The van der Waals surface area contributed by atoms with Gasteiger partial charge >= 0.3 is 6.03 Å². The Balaban J connectivity index is 1.73. The van der Waals surface area contributed by atoms with Crippen molar-refractivity contribution in [3.05, 3.63) is 0 Å². The molecule has 5 nitrogen and oxygen atoms in total. The maximum absolute atomic E-state index is 12.2. The Kier molecular flexibility index (Phi) is 5.26. The van der Waals surface area contributed by atoms with Gasteiger partial charge in [0.25, 0.3) is 0 Å². The van der Waals surface area contributed by atoms with E-state index in [-0.39, 0.29) is 6.03 Å². The number of carbonyl (C=O) groups is 1. The van der Waals surface area contributed by atoms with Crippen molar-refractivity contribution in [3.63, 3.8) is 0 Å². The fourth-order valence-electron chi connectivity index (χ4n) is 2.58. The van der Waals surface area contributed by atoms with E-state index in [1.54, 1.807) is 0 Å². The van der Waals surface area contributed by atoms with Gasteiger partial charge in [-0.25, -0.2) is 4.79 Å². The van der Waals surface area contributed by atoms with E-state index in [0.717, 1.165) is 45.6 Å². The molecule has 0 aromatic rings. The van der Waals surface area contributed by atoms with Gasteiger partial charge in [-0.2, -0.15) is 0 Å². The molecule has 5 heteroatoms. The maximum Gasteiger partial charge on any atom is 0.320 e. The average molecular weight is 255 g/mol. The minimum absolute atomic E-state index is 0.201. The molecule has 2 aliphatic heterocycles. The summed E-state index contributed by atoms with van der Waals surface area (Å²) in [7, 11) is 0. The minimum Gasteiger partial charge on any atom is -0.378 e. The summed E-state index contributed by atoms with van der Waals surface area (Å²) in [5.74, 6) is 0. The molecule has 0 aromatic heterocycles. The first kappa shape index (κ1) is 13.6. The van der Waals surface area contributed by atoms with Crippen molar-refractivity contribution < 1.29 is 9.53 Å². The highest BCUT2D eigenvalue weighted by Gasteiger charge is 2.26. The number of ether oxygens (including phenoxy) is 1. The topological polar surface area (TPSA) is 44.8 Å². The quantitative estimate of drug-likeness (QED) is 0.815. The summed E-state index contributed by atoms with van der Waals surface area (Å²) >= 11 is 0. The summed E-state index contributed by atoms with van der Waals surface area (Å²) in [6, 6.07) is 0.797. The van der Waals surface area contributed by atoms with Crippen LogP contribution in [-0.2, 0) is 4.74 Å². The Bertz CT molecular complexity index is 259. The van der Waals surface area contributed by atoms with Crippen LogP contribution < -0.4 is 5.32 Å². The first-order chi connectivity index (χ1) is 8.81. The molecule has 0 saturated carbocycles. The summed E-state index contributed by atoms with van der Waals surface area (Å²) in [6.45, 7) is 7.89. The Morgan fingerprint density at radius 3 is 2.39 bits per heavy atom. The van der Waals surface area contributed by atoms with Crippen LogP contribution in [0, 0.1) is 0 Å². The highest BCUT2D eigenvalue weighted by molar-refractivity contribution is 5.74. The van der Waals surface area contributed by atoms with Crippen LogP contribution in [0.1, 0.15) is 26.2 Å². The lowest BCUT2D eigenvalue weighted by molar-refractivity contribution is 0.0408. The van der Waals surface area contributed by atoms with E-state index in [9.17, 15) is 4.79 Å². The Hall–Kier alpha value is -0.810. The van der Waals surface area contributed by atoms with Crippen molar-refractivity contribution in [1.29, 1.82) is 0 Å². The third-order valence-corrected chi connectivity index (χ3v) is 3.73. The van der Waals surface area contributed by atoms with Gasteiger partial charge in [0.2, 0.25) is 0 Å². The number of nitrogens with zero attached hydrogens (tertiary/aromatic N) is 2. The molecule has 2 fully saturated rings. The summed E-state index contributed by atoms with van der Waals surface area (Å²) < 4.78 is 5.28. The third kappa shape index (κ3) is 3.59. The van der Waals surface area contributed by atoms with Crippen molar-refractivity contribution >= 4 is 6.03 Å². The fourth-order valence-corrected chi connectivity index (χ4v) is 2.58. The van der Waals surface area contributed by atoms with Crippen LogP contribution in [0.2, 0.25) is 0 Å². The molecule has 0 unspecified atom stereocenters. The summed E-state index contributed by atoms with van der Waals surface area (Å²) in [4.78, 5) is 16.2. The number of hydrogen-bond acceptors (Lipinski definition) is 3. The number of urea groups is 1. The zero-order chi connectivity index (χ0) is 12.8. The maximum atomic E-state index is 12.2. The highest BCUT2D eigenvalue weighted by Crippen LogP contribution is 2.13.